The quantitative estimate of drug-likeness (QED) is 0.279. The largest absolute Gasteiger partial charge is 0.496 e. The maximum absolute atomic E-state index is 13.8. The lowest BCUT2D eigenvalue weighted by molar-refractivity contribution is 0.324. The van der Waals surface area contributed by atoms with Gasteiger partial charge in [0.15, 0.2) is 17.3 Å². The van der Waals surface area contributed by atoms with Crippen LogP contribution in [-0.4, -0.2) is 44.0 Å². The van der Waals surface area contributed by atoms with Crippen LogP contribution in [0.5, 0.6) is 34.5 Å². The van der Waals surface area contributed by atoms with E-state index in [2.05, 4.69) is 0 Å². The van der Waals surface area contributed by atoms with E-state index in [1.807, 2.05) is 0 Å². The number of hydrogen-bond acceptors (Lipinski definition) is 10. The van der Waals surface area contributed by atoms with E-state index in [1.165, 1.54) is 65.9 Å². The molecule has 4 aromatic rings. The highest BCUT2D eigenvalue weighted by Gasteiger charge is 2.28. The molecule has 0 aliphatic rings. The summed E-state index contributed by atoms with van der Waals surface area (Å²) in [6.45, 7) is 0. The molecule has 0 atom stereocenters. The highest BCUT2D eigenvalue weighted by atomic mass is 32.2. The normalized spacial score (nSPS) is 11.2. The van der Waals surface area contributed by atoms with Crippen molar-refractivity contribution in [1.29, 1.82) is 0 Å². The molecule has 0 fully saturated rings. The molecule has 38 heavy (non-hydrogen) atoms. The van der Waals surface area contributed by atoms with Crippen LogP contribution in [0, 0.1) is 5.82 Å². The third kappa shape index (κ3) is 4.77. The van der Waals surface area contributed by atoms with Crippen molar-refractivity contribution >= 4 is 21.1 Å². The van der Waals surface area contributed by atoms with Gasteiger partial charge >= 0.3 is 10.1 Å². The third-order valence-corrected chi connectivity index (χ3v) is 6.77. The van der Waals surface area contributed by atoms with Crippen molar-refractivity contribution in [3.63, 3.8) is 0 Å². The van der Waals surface area contributed by atoms with Crippen LogP contribution in [0.3, 0.4) is 0 Å². The van der Waals surface area contributed by atoms with Gasteiger partial charge in [-0.2, -0.15) is 8.42 Å². The summed E-state index contributed by atoms with van der Waals surface area (Å²) in [6.07, 6.45) is 0. The van der Waals surface area contributed by atoms with Crippen LogP contribution in [0.25, 0.3) is 22.3 Å². The van der Waals surface area contributed by atoms with E-state index in [4.69, 9.17) is 32.3 Å². The molecule has 0 radical (unpaired) electrons. The molecule has 0 aliphatic heterocycles. The number of ether oxygens (including phenoxy) is 5. The Bertz CT molecular complexity index is 1650. The van der Waals surface area contributed by atoms with Gasteiger partial charge in [0.1, 0.15) is 33.2 Å². The second-order valence-electron chi connectivity index (χ2n) is 7.70. The summed E-state index contributed by atoms with van der Waals surface area (Å²) in [5.74, 6) is -0.763. The van der Waals surface area contributed by atoms with Crippen molar-refractivity contribution < 1.29 is 45.1 Å². The Labute approximate surface area is 217 Å². The van der Waals surface area contributed by atoms with E-state index >= 15 is 0 Å². The minimum absolute atomic E-state index is 0.0189. The molecule has 4 rings (SSSR count). The van der Waals surface area contributed by atoms with Gasteiger partial charge in [-0.05, 0) is 30.3 Å². The molecule has 12 heteroatoms. The lowest BCUT2D eigenvalue weighted by atomic mass is 10.1. The van der Waals surface area contributed by atoms with E-state index in [1.54, 1.807) is 0 Å². The first-order valence-corrected chi connectivity index (χ1v) is 12.3. The first-order valence-electron chi connectivity index (χ1n) is 10.9. The number of methoxy groups -OCH3 is 5. The SMILES string of the molecule is COc1cc(OC)c2c(=O)c(OS(=O)(=O)c3cccc(F)c3)c(-c3cc(OC)c(OC)c(OC)c3)oc2c1. The zero-order valence-electron chi connectivity index (χ0n) is 21.0. The Kier molecular flexibility index (Phi) is 7.35. The molecule has 0 saturated heterocycles. The van der Waals surface area contributed by atoms with Crippen LogP contribution >= 0.6 is 0 Å². The number of benzene rings is 3. The summed E-state index contributed by atoms with van der Waals surface area (Å²) in [4.78, 5) is 13.3. The molecule has 3 aromatic carbocycles. The van der Waals surface area contributed by atoms with Gasteiger partial charge in [-0.3, -0.25) is 4.79 Å². The Hall–Kier alpha value is -4.45. The van der Waals surface area contributed by atoms with Crippen LogP contribution < -0.4 is 33.3 Å². The van der Waals surface area contributed by atoms with Crippen LogP contribution in [0.4, 0.5) is 4.39 Å². The second kappa shape index (κ2) is 10.5. The van der Waals surface area contributed by atoms with Gasteiger partial charge in [-0.1, -0.05) is 6.07 Å². The summed E-state index contributed by atoms with van der Waals surface area (Å²) in [5.41, 5.74) is -0.690. The average Bonchev–Trinajstić information content (AvgIpc) is 2.92. The highest BCUT2D eigenvalue weighted by Crippen LogP contribution is 2.44. The van der Waals surface area contributed by atoms with Gasteiger partial charge in [-0.25, -0.2) is 4.39 Å². The Balaban J connectivity index is 2.08. The maximum Gasteiger partial charge on any atom is 0.339 e. The summed E-state index contributed by atoms with van der Waals surface area (Å²) in [7, 11) is 2.24. The first-order chi connectivity index (χ1) is 18.2. The van der Waals surface area contributed by atoms with Crippen molar-refractivity contribution in [2.75, 3.05) is 35.5 Å². The standard InChI is InChI=1S/C26H23FO10S/c1-31-16-12-18(32-2)22-19(13-16)36-24(14-9-20(33-3)25(35-5)21(10-14)34-4)26(23(22)28)37-38(29,30)17-8-6-7-15(27)11-17/h6-13H,1-5H3. The molecule has 0 amide bonds. The summed E-state index contributed by atoms with van der Waals surface area (Å²) in [5, 5.41) is -0.103. The number of rotatable bonds is 9. The van der Waals surface area contributed by atoms with Gasteiger partial charge in [0, 0.05) is 17.7 Å². The lowest BCUT2D eigenvalue weighted by Gasteiger charge is -2.16. The number of hydrogen-bond donors (Lipinski definition) is 0. The third-order valence-electron chi connectivity index (χ3n) is 5.55. The molecule has 200 valence electrons. The van der Waals surface area contributed by atoms with Gasteiger partial charge in [0.2, 0.25) is 16.9 Å². The summed E-state index contributed by atoms with van der Waals surface area (Å²) < 4.78 is 78.2. The molecule has 0 bridgehead atoms. The van der Waals surface area contributed by atoms with Crippen molar-refractivity contribution in [1.82, 2.24) is 0 Å². The zero-order valence-corrected chi connectivity index (χ0v) is 21.8. The van der Waals surface area contributed by atoms with Gasteiger partial charge in [0.05, 0.1) is 35.5 Å². The van der Waals surface area contributed by atoms with E-state index in [-0.39, 0.29) is 45.3 Å². The molecule has 0 N–H and O–H groups in total. The molecule has 0 spiro atoms. The second-order valence-corrected chi connectivity index (χ2v) is 9.25. The average molecular weight is 547 g/mol. The van der Waals surface area contributed by atoms with Gasteiger partial charge in [0.25, 0.3) is 0 Å². The van der Waals surface area contributed by atoms with E-state index in [0.717, 1.165) is 18.2 Å². The predicted molar refractivity (Wildman–Crippen MR) is 135 cm³/mol. The van der Waals surface area contributed by atoms with Crippen LogP contribution in [0.1, 0.15) is 0 Å². The minimum Gasteiger partial charge on any atom is -0.496 e. The van der Waals surface area contributed by atoms with Crippen molar-refractivity contribution in [3.05, 3.63) is 64.6 Å². The number of halogens is 1. The fourth-order valence-corrected chi connectivity index (χ4v) is 4.75. The molecule has 0 aliphatic carbocycles. The van der Waals surface area contributed by atoms with E-state index in [0.29, 0.717) is 5.75 Å². The molecule has 10 nitrogen and oxygen atoms in total. The Morgan fingerprint density at radius 1 is 0.763 bits per heavy atom. The van der Waals surface area contributed by atoms with E-state index < -0.39 is 32.0 Å². The smallest absolute Gasteiger partial charge is 0.339 e. The van der Waals surface area contributed by atoms with Crippen LogP contribution in [0.15, 0.2) is 62.6 Å². The number of fused-ring (bicyclic) bond motifs is 1. The molecule has 0 unspecified atom stereocenters. The summed E-state index contributed by atoms with van der Waals surface area (Å²) >= 11 is 0. The lowest BCUT2D eigenvalue weighted by Crippen LogP contribution is -2.17. The maximum atomic E-state index is 13.8. The van der Waals surface area contributed by atoms with Crippen LogP contribution in [0.2, 0.25) is 0 Å². The van der Waals surface area contributed by atoms with Crippen molar-refractivity contribution in [2.45, 2.75) is 4.90 Å². The molecule has 0 saturated carbocycles. The first kappa shape index (κ1) is 26.6. The fraction of sp³-hybridized carbons (Fsp3) is 0.192. The Morgan fingerprint density at radius 3 is 1.97 bits per heavy atom. The van der Waals surface area contributed by atoms with Crippen LogP contribution in [-0.2, 0) is 10.1 Å². The highest BCUT2D eigenvalue weighted by molar-refractivity contribution is 7.87. The van der Waals surface area contributed by atoms with Gasteiger partial charge in [-0.15, -0.1) is 0 Å². The van der Waals surface area contributed by atoms with Crippen molar-refractivity contribution in [2.24, 2.45) is 0 Å². The minimum atomic E-state index is -4.69. The fourth-order valence-electron chi connectivity index (χ4n) is 3.78. The molecule has 1 aromatic heterocycles. The van der Waals surface area contributed by atoms with E-state index in [9.17, 15) is 17.6 Å². The molecular formula is C26H23FO10S. The van der Waals surface area contributed by atoms with Gasteiger partial charge < -0.3 is 32.3 Å². The molecular weight excluding hydrogens is 523 g/mol. The Morgan fingerprint density at radius 2 is 1.42 bits per heavy atom. The topological polar surface area (TPSA) is 120 Å². The van der Waals surface area contributed by atoms with Crippen molar-refractivity contribution in [3.8, 4) is 45.8 Å². The summed E-state index contributed by atoms with van der Waals surface area (Å²) in [6, 6.07) is 9.94. The molecule has 1 heterocycles. The predicted octanol–water partition coefficient (Wildman–Crippen LogP) is 4.41. The zero-order chi connectivity index (χ0) is 27.6. The monoisotopic (exact) mass is 546 g/mol.